The Morgan fingerprint density at radius 1 is 1.11 bits per heavy atom. The molecule has 3 aromatic rings. The largest absolute Gasteiger partial charge is 0.382 e. The van der Waals surface area contributed by atoms with Crippen molar-refractivity contribution in [1.29, 1.82) is 0 Å². The number of pyridine rings is 1. The summed E-state index contributed by atoms with van der Waals surface area (Å²) in [6.07, 6.45) is 3.52. The summed E-state index contributed by atoms with van der Waals surface area (Å²) in [6.45, 7) is 5.04. The van der Waals surface area contributed by atoms with Gasteiger partial charge in [-0.15, -0.1) is 0 Å². The molecule has 0 atom stereocenters. The Labute approximate surface area is 160 Å². The molecule has 7 nitrogen and oxygen atoms in total. The van der Waals surface area contributed by atoms with Gasteiger partial charge in [0.25, 0.3) is 0 Å². The van der Waals surface area contributed by atoms with Crippen LogP contribution in [-0.2, 0) is 23.0 Å². The monoisotopic (exact) mass is 389 g/mol. The zero-order chi connectivity index (χ0) is 19.4. The van der Waals surface area contributed by atoms with E-state index in [1.807, 2.05) is 18.2 Å². The van der Waals surface area contributed by atoms with E-state index in [4.69, 9.17) is 10.7 Å². The van der Waals surface area contributed by atoms with E-state index in [0.717, 1.165) is 60.0 Å². The Morgan fingerprint density at radius 3 is 2.63 bits per heavy atom. The van der Waals surface area contributed by atoms with Crippen LogP contribution in [0.3, 0.4) is 0 Å². The Hall–Kier alpha value is -2.19. The van der Waals surface area contributed by atoms with Gasteiger partial charge in [-0.25, -0.2) is 23.1 Å². The predicted molar refractivity (Wildman–Crippen MR) is 110 cm³/mol. The van der Waals surface area contributed by atoms with Crippen LogP contribution in [0.25, 0.3) is 21.9 Å². The number of para-hydroxylation sites is 1. The SMILES string of the molecule is CCc1nc2c(N)nc3ccccc3c2n1CCCCCNS(=O)(=O)CC. The molecule has 0 fully saturated rings. The summed E-state index contributed by atoms with van der Waals surface area (Å²) in [6, 6.07) is 7.98. The number of unbranched alkanes of at least 4 members (excludes halogenated alkanes) is 2. The second kappa shape index (κ2) is 8.22. The molecule has 27 heavy (non-hydrogen) atoms. The molecule has 2 heterocycles. The van der Waals surface area contributed by atoms with Crippen LogP contribution in [-0.4, -0.2) is 35.3 Å². The number of imidazole rings is 1. The smallest absolute Gasteiger partial charge is 0.211 e. The van der Waals surface area contributed by atoms with E-state index in [2.05, 4.69) is 27.3 Å². The Bertz CT molecular complexity index is 1040. The molecule has 0 aliphatic carbocycles. The molecule has 0 saturated carbocycles. The maximum absolute atomic E-state index is 11.5. The first-order valence-electron chi connectivity index (χ1n) is 9.47. The van der Waals surface area contributed by atoms with Gasteiger partial charge in [0.1, 0.15) is 11.3 Å². The lowest BCUT2D eigenvalue weighted by Gasteiger charge is -2.10. The lowest BCUT2D eigenvalue weighted by Crippen LogP contribution is -2.26. The highest BCUT2D eigenvalue weighted by Crippen LogP contribution is 2.29. The standard InChI is InChI=1S/C19H27N5O2S/c1-3-16-23-17-18(14-10-6-7-11-15(14)22-19(17)20)24(16)13-9-5-8-12-21-27(25,26)4-2/h6-7,10-11,21H,3-5,8-9,12-13H2,1-2H3,(H2,20,22). The molecule has 0 aliphatic rings. The highest BCUT2D eigenvalue weighted by Gasteiger charge is 2.16. The van der Waals surface area contributed by atoms with E-state index in [-0.39, 0.29) is 5.75 Å². The lowest BCUT2D eigenvalue weighted by atomic mass is 10.1. The van der Waals surface area contributed by atoms with Gasteiger partial charge < -0.3 is 10.3 Å². The fraction of sp³-hybridized carbons (Fsp3) is 0.474. The number of nitrogens with two attached hydrogens (primary N) is 1. The van der Waals surface area contributed by atoms with Gasteiger partial charge in [0.05, 0.1) is 16.8 Å². The number of anilines is 1. The van der Waals surface area contributed by atoms with Gasteiger partial charge in [-0.05, 0) is 25.8 Å². The Morgan fingerprint density at radius 2 is 1.89 bits per heavy atom. The van der Waals surface area contributed by atoms with Crippen LogP contribution in [0, 0.1) is 0 Å². The topological polar surface area (TPSA) is 103 Å². The van der Waals surface area contributed by atoms with Crippen LogP contribution in [0.15, 0.2) is 24.3 Å². The molecule has 2 aromatic heterocycles. The predicted octanol–water partition coefficient (Wildman–Crippen LogP) is 2.84. The van der Waals surface area contributed by atoms with E-state index in [9.17, 15) is 8.42 Å². The number of hydrogen-bond acceptors (Lipinski definition) is 5. The summed E-state index contributed by atoms with van der Waals surface area (Å²) in [7, 11) is -3.10. The minimum atomic E-state index is -3.10. The van der Waals surface area contributed by atoms with Crippen LogP contribution in [0.4, 0.5) is 5.82 Å². The summed E-state index contributed by atoms with van der Waals surface area (Å²) < 4.78 is 27.8. The van der Waals surface area contributed by atoms with Crippen molar-refractivity contribution in [2.45, 2.75) is 46.1 Å². The first-order valence-corrected chi connectivity index (χ1v) is 11.1. The third-order valence-electron chi connectivity index (χ3n) is 4.77. The quantitative estimate of drug-likeness (QED) is 0.548. The number of rotatable bonds is 9. The third kappa shape index (κ3) is 4.22. The van der Waals surface area contributed by atoms with E-state index in [0.29, 0.717) is 12.4 Å². The summed E-state index contributed by atoms with van der Waals surface area (Å²) in [5, 5.41) is 1.06. The maximum atomic E-state index is 11.5. The number of fused-ring (bicyclic) bond motifs is 3. The molecule has 3 N–H and O–H groups in total. The fourth-order valence-corrected chi connectivity index (χ4v) is 3.98. The van der Waals surface area contributed by atoms with Crippen molar-refractivity contribution in [3.05, 3.63) is 30.1 Å². The molecular weight excluding hydrogens is 362 g/mol. The second-order valence-corrected chi connectivity index (χ2v) is 8.70. The van der Waals surface area contributed by atoms with Crippen LogP contribution in [0.2, 0.25) is 0 Å². The molecule has 3 rings (SSSR count). The number of sulfonamides is 1. The highest BCUT2D eigenvalue weighted by atomic mass is 32.2. The van der Waals surface area contributed by atoms with Gasteiger partial charge in [-0.1, -0.05) is 31.5 Å². The van der Waals surface area contributed by atoms with Gasteiger partial charge in [0, 0.05) is 24.9 Å². The fourth-order valence-electron chi connectivity index (χ4n) is 3.32. The van der Waals surface area contributed by atoms with Crippen LogP contribution in [0.1, 0.15) is 38.9 Å². The molecule has 0 unspecified atom stereocenters. The summed E-state index contributed by atoms with van der Waals surface area (Å²) in [5.41, 5.74) is 8.84. The van der Waals surface area contributed by atoms with Crippen LogP contribution in [0.5, 0.6) is 0 Å². The van der Waals surface area contributed by atoms with E-state index < -0.39 is 10.0 Å². The zero-order valence-electron chi connectivity index (χ0n) is 15.9. The van der Waals surface area contributed by atoms with Crippen LogP contribution >= 0.6 is 0 Å². The molecular formula is C19H27N5O2S. The van der Waals surface area contributed by atoms with Gasteiger partial charge in [0.2, 0.25) is 10.0 Å². The first-order chi connectivity index (χ1) is 13.0. The second-order valence-electron chi connectivity index (χ2n) is 6.60. The number of benzene rings is 1. The average molecular weight is 390 g/mol. The van der Waals surface area contributed by atoms with Crippen molar-refractivity contribution in [1.82, 2.24) is 19.3 Å². The van der Waals surface area contributed by atoms with E-state index in [1.165, 1.54) is 0 Å². The number of nitrogens with zero attached hydrogens (tertiary/aromatic N) is 3. The Balaban J connectivity index is 1.78. The van der Waals surface area contributed by atoms with E-state index >= 15 is 0 Å². The number of hydrogen-bond donors (Lipinski definition) is 2. The van der Waals surface area contributed by atoms with Gasteiger partial charge >= 0.3 is 0 Å². The number of aryl methyl sites for hydroxylation is 2. The lowest BCUT2D eigenvalue weighted by molar-refractivity contribution is 0.560. The van der Waals surface area contributed by atoms with Crippen LogP contribution < -0.4 is 10.5 Å². The van der Waals surface area contributed by atoms with E-state index in [1.54, 1.807) is 6.92 Å². The van der Waals surface area contributed by atoms with Crippen molar-refractivity contribution in [2.24, 2.45) is 0 Å². The van der Waals surface area contributed by atoms with Gasteiger partial charge in [-0.2, -0.15) is 0 Å². The molecule has 0 saturated heterocycles. The maximum Gasteiger partial charge on any atom is 0.211 e. The molecule has 0 bridgehead atoms. The van der Waals surface area contributed by atoms with Crippen molar-refractivity contribution in [3.8, 4) is 0 Å². The summed E-state index contributed by atoms with van der Waals surface area (Å²) in [5.74, 6) is 1.59. The molecule has 146 valence electrons. The normalized spacial score (nSPS) is 12.2. The van der Waals surface area contributed by atoms with Crippen molar-refractivity contribution < 1.29 is 8.42 Å². The summed E-state index contributed by atoms with van der Waals surface area (Å²) in [4.78, 5) is 9.20. The van der Waals surface area contributed by atoms with Gasteiger partial charge in [-0.3, -0.25) is 0 Å². The molecule has 8 heteroatoms. The van der Waals surface area contributed by atoms with Crippen molar-refractivity contribution in [3.63, 3.8) is 0 Å². The highest BCUT2D eigenvalue weighted by molar-refractivity contribution is 7.89. The average Bonchev–Trinajstić information content (AvgIpc) is 3.04. The van der Waals surface area contributed by atoms with Crippen molar-refractivity contribution in [2.75, 3.05) is 18.0 Å². The molecule has 0 amide bonds. The Kier molecular flexibility index (Phi) is 5.96. The minimum absolute atomic E-state index is 0.121. The molecule has 0 spiro atoms. The molecule has 1 aromatic carbocycles. The number of nitrogens with one attached hydrogen (secondary N) is 1. The van der Waals surface area contributed by atoms with Gasteiger partial charge in [0.15, 0.2) is 5.82 Å². The number of aromatic nitrogens is 3. The minimum Gasteiger partial charge on any atom is -0.382 e. The first kappa shape index (κ1) is 19.6. The van der Waals surface area contributed by atoms with Crippen molar-refractivity contribution >= 4 is 37.8 Å². The zero-order valence-corrected chi connectivity index (χ0v) is 16.7. The number of nitrogen functional groups attached to an aromatic ring is 1. The summed E-state index contributed by atoms with van der Waals surface area (Å²) >= 11 is 0. The molecule has 0 aliphatic heterocycles. The molecule has 0 radical (unpaired) electrons. The third-order valence-corrected chi connectivity index (χ3v) is 6.17.